The van der Waals surface area contributed by atoms with E-state index in [0.29, 0.717) is 13.2 Å². The van der Waals surface area contributed by atoms with Gasteiger partial charge in [-0.05, 0) is 29.2 Å². The average molecular weight is 471 g/mol. The van der Waals surface area contributed by atoms with Crippen LogP contribution < -0.4 is 0 Å². The van der Waals surface area contributed by atoms with Gasteiger partial charge in [-0.3, -0.25) is 0 Å². The largest absolute Gasteiger partial charge is 0.458 e. The normalized spacial score (nSPS) is 13.2. The lowest BCUT2D eigenvalue weighted by Gasteiger charge is -2.23. The maximum atomic E-state index is 12.4. The summed E-state index contributed by atoms with van der Waals surface area (Å²) >= 11 is 0. The third kappa shape index (κ3) is 10.1. The Hall–Kier alpha value is -3.47. The van der Waals surface area contributed by atoms with Crippen molar-refractivity contribution in [3.05, 3.63) is 132 Å². The van der Waals surface area contributed by atoms with Crippen LogP contribution in [0.25, 0.3) is 0 Å². The minimum Gasteiger partial charge on any atom is -0.458 e. The fourth-order valence-corrected chi connectivity index (χ4v) is 3.40. The zero-order chi connectivity index (χ0) is 24.6. The lowest BCUT2D eigenvalue weighted by atomic mass is 10.1. The Balaban J connectivity index is 1.71. The van der Waals surface area contributed by atoms with Crippen LogP contribution in [0.3, 0.4) is 0 Å². The van der Waals surface area contributed by atoms with Gasteiger partial charge in [-0.1, -0.05) is 116 Å². The maximum absolute atomic E-state index is 12.4. The lowest BCUT2D eigenvalue weighted by Crippen LogP contribution is -2.29. The van der Waals surface area contributed by atoms with Crippen LogP contribution in [0.1, 0.15) is 36.5 Å². The molecule has 0 N–H and O–H groups in total. The highest BCUT2D eigenvalue weighted by molar-refractivity contribution is 5.82. The summed E-state index contributed by atoms with van der Waals surface area (Å²) < 4.78 is 17.9. The second-order valence-corrected chi connectivity index (χ2v) is 8.19. The third-order valence-corrected chi connectivity index (χ3v) is 5.32. The van der Waals surface area contributed by atoms with Crippen molar-refractivity contribution in [2.75, 3.05) is 0 Å². The van der Waals surface area contributed by atoms with E-state index in [-0.39, 0.29) is 12.7 Å². The Bertz CT molecular complexity index is 1030. The van der Waals surface area contributed by atoms with E-state index >= 15 is 0 Å². The Morgan fingerprint density at radius 3 is 1.63 bits per heavy atom. The molecule has 0 fully saturated rings. The van der Waals surface area contributed by atoms with Gasteiger partial charge in [-0.25, -0.2) is 4.79 Å². The molecule has 3 aromatic rings. The molecule has 0 saturated heterocycles. The summed E-state index contributed by atoms with van der Waals surface area (Å²) in [6, 6.07) is 29.6. The molecule has 182 valence electrons. The number of unbranched alkanes of at least 4 members (excludes halogenated alkanes) is 1. The highest BCUT2D eigenvalue weighted by Gasteiger charge is 2.19. The molecule has 0 aliphatic heterocycles. The van der Waals surface area contributed by atoms with Gasteiger partial charge in [0.15, 0.2) is 0 Å². The molecular weight excluding hydrogens is 436 g/mol. The standard InChI is InChI=1S/C31H34O4/c1-2-3-7-20-29(33-23-26-14-8-4-9-15-26)30(34-24-27-16-10-5-11-17-27)21-22-31(32)35-25-28-18-12-6-13-19-28/h4-22,29-30H,2-3,23-25H2,1H3/b20-7+,22-21+/t29-,30-/m1/s1. The summed E-state index contributed by atoms with van der Waals surface area (Å²) in [6.45, 7) is 3.21. The number of ether oxygens (including phenoxy) is 3. The van der Waals surface area contributed by atoms with Crippen LogP contribution in [0.15, 0.2) is 115 Å². The van der Waals surface area contributed by atoms with Crippen molar-refractivity contribution >= 4 is 5.97 Å². The van der Waals surface area contributed by atoms with Gasteiger partial charge in [0.05, 0.1) is 13.2 Å². The molecular formula is C31H34O4. The minimum atomic E-state index is -0.462. The Labute approximate surface area is 208 Å². The fourth-order valence-electron chi connectivity index (χ4n) is 3.40. The van der Waals surface area contributed by atoms with Crippen molar-refractivity contribution in [3.63, 3.8) is 0 Å². The molecule has 0 aromatic heterocycles. The maximum Gasteiger partial charge on any atom is 0.330 e. The average Bonchev–Trinajstić information content (AvgIpc) is 2.91. The second kappa shape index (κ2) is 15.4. The van der Waals surface area contributed by atoms with Gasteiger partial charge in [0.1, 0.15) is 18.8 Å². The molecule has 4 nitrogen and oxygen atoms in total. The predicted octanol–water partition coefficient (Wildman–Crippen LogP) is 6.81. The van der Waals surface area contributed by atoms with Gasteiger partial charge in [0.2, 0.25) is 0 Å². The van der Waals surface area contributed by atoms with Crippen LogP contribution in [0, 0.1) is 0 Å². The van der Waals surface area contributed by atoms with E-state index in [4.69, 9.17) is 14.2 Å². The molecule has 0 aliphatic carbocycles. The molecule has 0 spiro atoms. The molecule has 0 heterocycles. The van der Waals surface area contributed by atoms with Gasteiger partial charge < -0.3 is 14.2 Å². The van der Waals surface area contributed by atoms with Crippen LogP contribution >= 0.6 is 0 Å². The summed E-state index contributed by atoms with van der Waals surface area (Å²) in [4.78, 5) is 12.4. The molecule has 0 saturated carbocycles. The summed E-state index contributed by atoms with van der Waals surface area (Å²) in [6.07, 6.45) is 8.48. The lowest BCUT2D eigenvalue weighted by molar-refractivity contribution is -0.139. The number of benzene rings is 3. The van der Waals surface area contributed by atoms with Crippen molar-refractivity contribution < 1.29 is 19.0 Å². The SMILES string of the molecule is CCC/C=C/[C@@H](OCc1ccccc1)[C@@H](/C=C/C(=O)OCc1ccccc1)OCc1ccccc1. The zero-order valence-electron chi connectivity index (χ0n) is 20.3. The van der Waals surface area contributed by atoms with Crippen LogP contribution in [0.4, 0.5) is 0 Å². The molecule has 35 heavy (non-hydrogen) atoms. The Morgan fingerprint density at radius 2 is 1.14 bits per heavy atom. The van der Waals surface area contributed by atoms with E-state index in [9.17, 15) is 4.79 Å². The van der Waals surface area contributed by atoms with E-state index in [2.05, 4.69) is 13.0 Å². The molecule has 3 aromatic carbocycles. The highest BCUT2D eigenvalue weighted by atomic mass is 16.5. The molecule has 2 atom stereocenters. The second-order valence-electron chi connectivity index (χ2n) is 8.19. The molecule has 4 heteroatoms. The Kier molecular flexibility index (Phi) is 11.5. The number of esters is 1. The van der Waals surface area contributed by atoms with Crippen molar-refractivity contribution in [2.45, 2.75) is 51.8 Å². The van der Waals surface area contributed by atoms with E-state index in [1.807, 2.05) is 97.1 Å². The first-order valence-corrected chi connectivity index (χ1v) is 12.1. The van der Waals surface area contributed by atoms with E-state index in [0.717, 1.165) is 29.5 Å². The minimum absolute atomic E-state index is 0.226. The summed E-state index contributed by atoms with van der Waals surface area (Å²) in [7, 11) is 0. The monoisotopic (exact) mass is 470 g/mol. The summed E-state index contributed by atoms with van der Waals surface area (Å²) in [5, 5.41) is 0. The molecule has 0 unspecified atom stereocenters. The number of carbonyl (C=O) groups excluding carboxylic acids is 1. The number of hydrogen-bond donors (Lipinski definition) is 0. The zero-order valence-corrected chi connectivity index (χ0v) is 20.3. The number of hydrogen-bond acceptors (Lipinski definition) is 4. The van der Waals surface area contributed by atoms with Crippen molar-refractivity contribution in [2.24, 2.45) is 0 Å². The summed E-state index contributed by atoms with van der Waals surface area (Å²) in [5.41, 5.74) is 3.07. The molecule has 0 bridgehead atoms. The van der Waals surface area contributed by atoms with Gasteiger partial charge in [0, 0.05) is 6.08 Å². The smallest absolute Gasteiger partial charge is 0.330 e. The van der Waals surface area contributed by atoms with Crippen LogP contribution in [0.5, 0.6) is 0 Å². The quantitative estimate of drug-likeness (QED) is 0.147. The van der Waals surface area contributed by atoms with E-state index in [1.54, 1.807) is 6.08 Å². The van der Waals surface area contributed by atoms with E-state index < -0.39 is 12.1 Å². The first-order chi connectivity index (χ1) is 17.2. The topological polar surface area (TPSA) is 44.8 Å². The van der Waals surface area contributed by atoms with Gasteiger partial charge >= 0.3 is 5.97 Å². The first-order valence-electron chi connectivity index (χ1n) is 12.1. The molecule has 0 radical (unpaired) electrons. The number of rotatable bonds is 14. The fraction of sp³-hybridized carbons (Fsp3) is 0.258. The number of allylic oxidation sites excluding steroid dienone is 1. The third-order valence-electron chi connectivity index (χ3n) is 5.32. The van der Waals surface area contributed by atoms with Crippen molar-refractivity contribution in [1.82, 2.24) is 0 Å². The van der Waals surface area contributed by atoms with E-state index in [1.165, 1.54) is 6.08 Å². The highest BCUT2D eigenvalue weighted by Crippen LogP contribution is 2.15. The van der Waals surface area contributed by atoms with Crippen LogP contribution in [0.2, 0.25) is 0 Å². The predicted molar refractivity (Wildman–Crippen MR) is 139 cm³/mol. The van der Waals surface area contributed by atoms with Crippen molar-refractivity contribution in [3.8, 4) is 0 Å². The van der Waals surface area contributed by atoms with Gasteiger partial charge in [-0.15, -0.1) is 0 Å². The van der Waals surface area contributed by atoms with Crippen LogP contribution in [-0.2, 0) is 38.8 Å². The molecule has 3 rings (SSSR count). The number of carbonyl (C=O) groups is 1. The van der Waals surface area contributed by atoms with Crippen LogP contribution in [-0.4, -0.2) is 18.2 Å². The Morgan fingerprint density at radius 1 is 0.686 bits per heavy atom. The first kappa shape index (κ1) is 26.1. The molecule has 0 amide bonds. The molecule has 0 aliphatic rings. The summed E-state index contributed by atoms with van der Waals surface area (Å²) in [5.74, 6) is -0.415. The van der Waals surface area contributed by atoms with Crippen molar-refractivity contribution in [1.29, 1.82) is 0 Å². The van der Waals surface area contributed by atoms with Gasteiger partial charge in [-0.2, -0.15) is 0 Å². The van der Waals surface area contributed by atoms with Gasteiger partial charge in [0.25, 0.3) is 0 Å².